The first kappa shape index (κ1) is 19.0. The lowest BCUT2D eigenvalue weighted by molar-refractivity contribution is 0.0592. The number of carbonyl (C=O) groups excluding carboxylic acids is 3. The molecule has 0 aliphatic rings. The van der Waals surface area contributed by atoms with Gasteiger partial charge in [0.25, 0.3) is 0 Å². The molecule has 0 atom stereocenters. The van der Waals surface area contributed by atoms with E-state index in [4.69, 9.17) is 4.74 Å². The number of benzene rings is 2. The third kappa shape index (κ3) is 4.60. The van der Waals surface area contributed by atoms with E-state index in [2.05, 4.69) is 10.1 Å². The molecule has 0 heterocycles. The number of ether oxygens (including phenoxy) is 2. The fraction of sp³-hybridized carbons (Fsp3) is 0.211. The van der Waals surface area contributed by atoms with Gasteiger partial charge in [-0.25, -0.2) is 14.4 Å². The lowest BCUT2D eigenvalue weighted by atomic mass is 10.1. The van der Waals surface area contributed by atoms with Gasteiger partial charge in [0.05, 0.1) is 31.0 Å². The fourth-order valence-electron chi connectivity index (χ4n) is 2.30. The lowest BCUT2D eigenvalue weighted by Gasteiger charge is -2.19. The Bertz CT molecular complexity index is 802. The minimum Gasteiger partial charge on any atom is -0.465 e. The van der Waals surface area contributed by atoms with Crippen molar-refractivity contribution in [3.63, 3.8) is 0 Å². The third-order valence-corrected chi connectivity index (χ3v) is 3.72. The topological polar surface area (TPSA) is 84.9 Å². The van der Waals surface area contributed by atoms with Crippen molar-refractivity contribution in [3.8, 4) is 0 Å². The lowest BCUT2D eigenvalue weighted by Crippen LogP contribution is -2.31. The number of carbonyl (C=O) groups is 3. The highest BCUT2D eigenvalue weighted by molar-refractivity contribution is 6.00. The summed E-state index contributed by atoms with van der Waals surface area (Å²) in [7, 11) is 4.23. The Morgan fingerprint density at radius 1 is 0.923 bits per heavy atom. The molecule has 0 aliphatic heterocycles. The van der Waals surface area contributed by atoms with Crippen molar-refractivity contribution in [3.05, 3.63) is 65.2 Å². The second-order valence-corrected chi connectivity index (χ2v) is 5.51. The Labute approximate surface area is 151 Å². The second-order valence-electron chi connectivity index (χ2n) is 5.51. The van der Waals surface area contributed by atoms with Crippen LogP contribution in [0.3, 0.4) is 0 Å². The molecule has 0 saturated heterocycles. The van der Waals surface area contributed by atoms with Gasteiger partial charge >= 0.3 is 18.0 Å². The maximum absolute atomic E-state index is 12.4. The molecule has 0 bridgehead atoms. The number of esters is 2. The molecule has 0 radical (unpaired) electrons. The molecule has 2 rings (SSSR count). The molecular weight excluding hydrogens is 336 g/mol. The van der Waals surface area contributed by atoms with E-state index in [1.54, 1.807) is 55.6 Å². The number of para-hydroxylation sites is 1. The van der Waals surface area contributed by atoms with Crippen molar-refractivity contribution < 1.29 is 23.9 Å². The zero-order valence-corrected chi connectivity index (χ0v) is 14.8. The van der Waals surface area contributed by atoms with Crippen molar-refractivity contribution in [2.24, 2.45) is 0 Å². The van der Waals surface area contributed by atoms with Gasteiger partial charge in [-0.3, -0.25) is 0 Å². The summed E-state index contributed by atoms with van der Waals surface area (Å²) in [5.74, 6) is -0.941. The molecule has 26 heavy (non-hydrogen) atoms. The van der Waals surface area contributed by atoms with Crippen molar-refractivity contribution in [1.82, 2.24) is 4.90 Å². The van der Waals surface area contributed by atoms with Crippen LogP contribution in [0.15, 0.2) is 48.5 Å². The van der Waals surface area contributed by atoms with Gasteiger partial charge in [0.2, 0.25) is 0 Å². The summed E-state index contributed by atoms with van der Waals surface area (Å²) in [4.78, 5) is 37.0. The predicted molar refractivity (Wildman–Crippen MR) is 96.0 cm³/mol. The van der Waals surface area contributed by atoms with Crippen LogP contribution < -0.4 is 5.32 Å². The van der Waals surface area contributed by atoms with E-state index in [9.17, 15) is 14.4 Å². The summed E-state index contributed by atoms with van der Waals surface area (Å²) in [6.07, 6.45) is 0. The van der Waals surface area contributed by atoms with Crippen LogP contribution in [0.25, 0.3) is 0 Å². The minimum atomic E-state index is -0.526. The molecule has 0 saturated carbocycles. The van der Waals surface area contributed by atoms with Crippen molar-refractivity contribution >= 4 is 23.7 Å². The van der Waals surface area contributed by atoms with Crippen LogP contribution in [0.2, 0.25) is 0 Å². The Balaban J connectivity index is 2.04. The maximum Gasteiger partial charge on any atom is 0.339 e. The zero-order valence-electron chi connectivity index (χ0n) is 14.8. The van der Waals surface area contributed by atoms with Gasteiger partial charge in [0.15, 0.2) is 0 Å². The summed E-state index contributed by atoms with van der Waals surface area (Å²) in [5.41, 5.74) is 1.93. The van der Waals surface area contributed by atoms with Crippen LogP contribution in [0.5, 0.6) is 0 Å². The average molecular weight is 356 g/mol. The number of methoxy groups -OCH3 is 2. The SMILES string of the molecule is COC(=O)c1ccc(CN(C)C(=O)Nc2ccccc2C(=O)OC)cc1. The van der Waals surface area contributed by atoms with Crippen LogP contribution in [0.4, 0.5) is 10.5 Å². The van der Waals surface area contributed by atoms with Gasteiger partial charge in [0, 0.05) is 13.6 Å². The van der Waals surface area contributed by atoms with Crippen LogP contribution >= 0.6 is 0 Å². The normalized spacial score (nSPS) is 9.96. The van der Waals surface area contributed by atoms with Gasteiger partial charge in [-0.05, 0) is 29.8 Å². The molecular formula is C19H20N2O5. The number of nitrogens with one attached hydrogen (secondary N) is 1. The molecule has 7 nitrogen and oxygen atoms in total. The molecule has 7 heteroatoms. The number of urea groups is 1. The van der Waals surface area contributed by atoms with Gasteiger partial charge < -0.3 is 19.7 Å². The monoisotopic (exact) mass is 356 g/mol. The van der Waals surface area contributed by atoms with E-state index in [1.807, 2.05) is 0 Å². The molecule has 0 aliphatic carbocycles. The summed E-state index contributed by atoms with van der Waals surface area (Å²) in [6, 6.07) is 13.0. The summed E-state index contributed by atoms with van der Waals surface area (Å²) < 4.78 is 9.36. The van der Waals surface area contributed by atoms with Crippen LogP contribution in [0, 0.1) is 0 Å². The van der Waals surface area contributed by atoms with Crippen LogP contribution in [-0.4, -0.2) is 44.1 Å². The Morgan fingerprint density at radius 3 is 2.15 bits per heavy atom. The van der Waals surface area contributed by atoms with E-state index >= 15 is 0 Å². The standard InChI is InChI=1S/C19H20N2O5/c1-21(12-13-8-10-14(11-9-13)17(22)25-2)19(24)20-16-7-5-4-6-15(16)18(23)26-3/h4-11H,12H2,1-3H3,(H,20,24). The van der Waals surface area contributed by atoms with Crippen molar-refractivity contribution in [1.29, 1.82) is 0 Å². The number of hydrogen-bond acceptors (Lipinski definition) is 5. The molecule has 2 amide bonds. The molecule has 0 unspecified atom stereocenters. The zero-order chi connectivity index (χ0) is 19.1. The molecule has 2 aromatic rings. The van der Waals surface area contributed by atoms with E-state index in [-0.39, 0.29) is 11.6 Å². The van der Waals surface area contributed by atoms with E-state index in [0.717, 1.165) is 5.56 Å². The van der Waals surface area contributed by atoms with E-state index < -0.39 is 11.9 Å². The highest BCUT2D eigenvalue weighted by Crippen LogP contribution is 2.17. The number of rotatable bonds is 5. The molecule has 0 aromatic heterocycles. The van der Waals surface area contributed by atoms with E-state index in [0.29, 0.717) is 17.8 Å². The van der Waals surface area contributed by atoms with Crippen LogP contribution in [-0.2, 0) is 16.0 Å². The molecule has 2 aromatic carbocycles. The Kier molecular flexibility index (Phi) is 6.32. The molecule has 0 spiro atoms. The highest BCUT2D eigenvalue weighted by atomic mass is 16.5. The van der Waals surface area contributed by atoms with Crippen molar-refractivity contribution in [2.75, 3.05) is 26.6 Å². The first-order valence-electron chi connectivity index (χ1n) is 7.83. The summed E-state index contributed by atoms with van der Waals surface area (Å²) in [5, 5.41) is 2.70. The quantitative estimate of drug-likeness (QED) is 0.833. The smallest absolute Gasteiger partial charge is 0.339 e. The number of hydrogen-bond donors (Lipinski definition) is 1. The second kappa shape index (κ2) is 8.66. The minimum absolute atomic E-state index is 0.277. The summed E-state index contributed by atoms with van der Waals surface area (Å²) in [6.45, 7) is 0.327. The average Bonchev–Trinajstić information content (AvgIpc) is 2.67. The number of amides is 2. The largest absolute Gasteiger partial charge is 0.465 e. The van der Waals surface area contributed by atoms with Gasteiger partial charge in [-0.1, -0.05) is 24.3 Å². The number of anilines is 1. The molecule has 0 fully saturated rings. The predicted octanol–water partition coefficient (Wildman–Crippen LogP) is 2.92. The third-order valence-electron chi connectivity index (χ3n) is 3.72. The van der Waals surface area contributed by atoms with Gasteiger partial charge in [0.1, 0.15) is 0 Å². The molecule has 1 N–H and O–H groups in total. The summed E-state index contributed by atoms with van der Waals surface area (Å²) >= 11 is 0. The Hall–Kier alpha value is -3.35. The first-order chi connectivity index (χ1) is 12.5. The van der Waals surface area contributed by atoms with E-state index in [1.165, 1.54) is 19.1 Å². The van der Waals surface area contributed by atoms with Gasteiger partial charge in [-0.15, -0.1) is 0 Å². The Morgan fingerprint density at radius 2 is 1.54 bits per heavy atom. The first-order valence-corrected chi connectivity index (χ1v) is 7.83. The van der Waals surface area contributed by atoms with Crippen LogP contribution in [0.1, 0.15) is 26.3 Å². The maximum atomic E-state index is 12.4. The fourth-order valence-corrected chi connectivity index (χ4v) is 2.30. The van der Waals surface area contributed by atoms with Crippen molar-refractivity contribution in [2.45, 2.75) is 6.54 Å². The highest BCUT2D eigenvalue weighted by Gasteiger charge is 2.16. The molecule has 136 valence electrons. The van der Waals surface area contributed by atoms with Gasteiger partial charge in [-0.2, -0.15) is 0 Å². The number of nitrogens with zero attached hydrogens (tertiary/aromatic N) is 1.